The third kappa shape index (κ3) is 8.57. The van der Waals surface area contributed by atoms with Crippen molar-refractivity contribution < 1.29 is 29.0 Å². The van der Waals surface area contributed by atoms with Gasteiger partial charge in [-0.3, -0.25) is 24.1 Å². The number of morpholine rings is 1. The predicted octanol–water partition coefficient (Wildman–Crippen LogP) is 4.56. The third-order valence-electron chi connectivity index (χ3n) is 11.2. The first-order valence-electron chi connectivity index (χ1n) is 19.7. The van der Waals surface area contributed by atoms with Crippen molar-refractivity contribution >= 4 is 34.4 Å². The Balaban J connectivity index is 1.16. The molecule has 0 spiro atoms. The standard InChI is InChI=1S/C44H52N6O6/c1-3-21-48-31-42(54)49-38(27-33-15-18-35(51)19-16-33)44(55)47(30-40(49)50(48)41(53)20-17-32-10-5-4-6-11-32)28-34-12-9-13-36-37(29-45(2)43(34)36)39(52)14-7-8-22-46-23-25-56-26-24-46/h3-6,9-13,15-16,18-19,29,38,40,51H,1,7-8,14,17,20-28,30-31H2,2H3/t38-,40-/m0/s1. The van der Waals surface area contributed by atoms with Gasteiger partial charge in [-0.1, -0.05) is 66.7 Å². The first-order valence-corrected chi connectivity index (χ1v) is 19.7. The minimum absolute atomic E-state index is 0.0639. The fraction of sp³-hybridized carbons (Fsp3) is 0.409. The van der Waals surface area contributed by atoms with Crippen LogP contribution in [0.5, 0.6) is 5.75 Å². The van der Waals surface area contributed by atoms with Gasteiger partial charge in [0, 0.05) is 69.6 Å². The van der Waals surface area contributed by atoms with Crippen LogP contribution in [-0.4, -0.2) is 123 Å². The van der Waals surface area contributed by atoms with Gasteiger partial charge in [-0.25, -0.2) is 10.0 Å². The van der Waals surface area contributed by atoms with Crippen molar-refractivity contribution in [1.29, 1.82) is 0 Å². The van der Waals surface area contributed by atoms with E-state index in [1.54, 1.807) is 50.2 Å². The molecule has 7 rings (SSSR count). The van der Waals surface area contributed by atoms with Crippen LogP contribution in [0.1, 0.15) is 52.7 Å². The summed E-state index contributed by atoms with van der Waals surface area (Å²) in [5.74, 6) is -0.402. The number of piperazine rings is 1. The number of aryl methyl sites for hydroxylation is 2. The Labute approximate surface area is 328 Å². The average Bonchev–Trinajstić information content (AvgIpc) is 3.55. The number of fused-ring (bicyclic) bond motifs is 2. The summed E-state index contributed by atoms with van der Waals surface area (Å²) < 4.78 is 7.42. The van der Waals surface area contributed by atoms with E-state index in [4.69, 9.17) is 4.74 Å². The largest absolute Gasteiger partial charge is 0.508 e. The van der Waals surface area contributed by atoms with Gasteiger partial charge in [0.05, 0.1) is 31.8 Å². The zero-order valence-corrected chi connectivity index (χ0v) is 32.2. The molecule has 4 heterocycles. The molecule has 1 aromatic heterocycles. The summed E-state index contributed by atoms with van der Waals surface area (Å²) in [7, 11) is 1.93. The maximum Gasteiger partial charge on any atom is 0.246 e. The average molecular weight is 761 g/mol. The summed E-state index contributed by atoms with van der Waals surface area (Å²) in [5.41, 5.74) is 4.23. The highest BCUT2D eigenvalue weighted by Crippen LogP contribution is 2.32. The summed E-state index contributed by atoms with van der Waals surface area (Å²) in [4.78, 5) is 62.3. The number of carbonyl (C=O) groups excluding carboxylic acids is 4. The van der Waals surface area contributed by atoms with Crippen molar-refractivity contribution in [3.63, 3.8) is 0 Å². The summed E-state index contributed by atoms with van der Waals surface area (Å²) in [5, 5.41) is 14.2. The van der Waals surface area contributed by atoms with Crippen LogP contribution < -0.4 is 0 Å². The lowest BCUT2D eigenvalue weighted by Crippen LogP contribution is -2.75. The van der Waals surface area contributed by atoms with E-state index in [1.807, 2.05) is 66.3 Å². The van der Waals surface area contributed by atoms with E-state index in [1.165, 1.54) is 0 Å². The fourth-order valence-corrected chi connectivity index (χ4v) is 8.46. The van der Waals surface area contributed by atoms with E-state index < -0.39 is 12.2 Å². The predicted molar refractivity (Wildman–Crippen MR) is 213 cm³/mol. The number of carbonyl (C=O) groups is 4. The Kier molecular flexibility index (Phi) is 12.3. The molecule has 3 aromatic carbocycles. The second-order valence-electron chi connectivity index (χ2n) is 15.0. The van der Waals surface area contributed by atoms with Crippen molar-refractivity contribution in [2.45, 2.75) is 57.3 Å². The Bertz CT molecular complexity index is 2040. The molecule has 12 nitrogen and oxygen atoms in total. The number of amides is 3. The van der Waals surface area contributed by atoms with Gasteiger partial charge in [-0.2, -0.15) is 0 Å². The molecular weight excluding hydrogens is 709 g/mol. The number of rotatable bonds is 15. The molecule has 3 aliphatic rings. The quantitative estimate of drug-likeness (QED) is 0.107. The zero-order chi connectivity index (χ0) is 39.2. The van der Waals surface area contributed by atoms with Crippen LogP contribution in [-0.2, 0) is 45.6 Å². The Morgan fingerprint density at radius 2 is 1.70 bits per heavy atom. The number of ether oxygens (including phenoxy) is 1. The molecule has 3 amide bonds. The second kappa shape index (κ2) is 17.7. The second-order valence-corrected chi connectivity index (χ2v) is 15.0. The molecule has 4 aromatic rings. The smallest absolute Gasteiger partial charge is 0.246 e. The molecule has 0 unspecified atom stereocenters. The van der Waals surface area contributed by atoms with Gasteiger partial charge in [0.25, 0.3) is 0 Å². The van der Waals surface area contributed by atoms with Crippen molar-refractivity contribution in [3.05, 3.63) is 114 Å². The SMILES string of the molecule is C=CCN1CC(=O)N2[C@@H](Cc3ccc(O)cc3)C(=O)N(Cc3cccc4c(C(=O)CCCCN5CCOCC5)cn(C)c34)C[C@@H]2N1C(=O)CCc1ccccc1. The highest BCUT2D eigenvalue weighted by Gasteiger charge is 2.51. The van der Waals surface area contributed by atoms with Gasteiger partial charge in [-0.05, 0) is 54.6 Å². The number of hydrogen-bond acceptors (Lipinski definition) is 8. The van der Waals surface area contributed by atoms with Gasteiger partial charge >= 0.3 is 0 Å². The van der Waals surface area contributed by atoms with E-state index in [2.05, 4.69) is 11.5 Å². The number of ketones is 1. The first-order chi connectivity index (χ1) is 27.2. The number of hydrogen-bond donors (Lipinski definition) is 1. The van der Waals surface area contributed by atoms with Gasteiger partial charge in [0.1, 0.15) is 18.0 Å². The minimum atomic E-state index is -0.886. The van der Waals surface area contributed by atoms with Gasteiger partial charge in [0.15, 0.2) is 5.78 Å². The molecule has 0 saturated carbocycles. The number of phenols is 1. The van der Waals surface area contributed by atoms with Crippen molar-refractivity contribution in [1.82, 2.24) is 29.3 Å². The maximum atomic E-state index is 14.7. The molecule has 3 saturated heterocycles. The highest BCUT2D eigenvalue weighted by atomic mass is 16.5. The maximum absolute atomic E-state index is 14.7. The van der Waals surface area contributed by atoms with Crippen molar-refractivity contribution in [2.75, 3.05) is 52.5 Å². The number of nitrogens with zero attached hydrogens (tertiary/aromatic N) is 6. The molecule has 1 N–H and O–H groups in total. The molecule has 12 heteroatoms. The lowest BCUT2D eigenvalue weighted by Gasteiger charge is -2.55. The van der Waals surface area contributed by atoms with Crippen molar-refractivity contribution in [2.24, 2.45) is 7.05 Å². The van der Waals surface area contributed by atoms with Gasteiger partial charge in [0.2, 0.25) is 17.7 Å². The fourth-order valence-electron chi connectivity index (χ4n) is 8.46. The first kappa shape index (κ1) is 39.0. The lowest BCUT2D eigenvalue weighted by atomic mass is 9.97. The van der Waals surface area contributed by atoms with Gasteiger partial charge < -0.3 is 24.2 Å². The van der Waals surface area contributed by atoms with Crippen LogP contribution in [0.2, 0.25) is 0 Å². The van der Waals surface area contributed by atoms with E-state index >= 15 is 0 Å². The number of unbranched alkanes of at least 4 members (excludes halogenated alkanes) is 1. The lowest BCUT2D eigenvalue weighted by molar-refractivity contribution is -0.205. The number of para-hydroxylation sites is 1. The summed E-state index contributed by atoms with van der Waals surface area (Å²) in [6.45, 7) is 8.80. The molecule has 294 valence electrons. The van der Waals surface area contributed by atoms with E-state index in [0.29, 0.717) is 18.4 Å². The molecule has 3 fully saturated rings. The van der Waals surface area contributed by atoms with Crippen LogP contribution in [0.25, 0.3) is 10.9 Å². The number of phenolic OH excluding ortho intramolecular Hbond substituents is 1. The molecule has 2 atom stereocenters. The van der Waals surface area contributed by atoms with Crippen LogP contribution in [0, 0.1) is 0 Å². The molecule has 0 aliphatic carbocycles. The summed E-state index contributed by atoms with van der Waals surface area (Å²) >= 11 is 0. The van der Waals surface area contributed by atoms with E-state index in [9.17, 15) is 24.3 Å². The molecular formula is C44H52N6O6. The number of Topliss-reactive ketones (excluding diaryl/α,β-unsaturated/α-hetero) is 1. The Morgan fingerprint density at radius 3 is 2.45 bits per heavy atom. The number of aromatic hydroxyl groups is 1. The highest BCUT2D eigenvalue weighted by molar-refractivity contribution is 6.08. The topological polar surface area (TPSA) is 119 Å². The molecule has 0 radical (unpaired) electrons. The van der Waals surface area contributed by atoms with Crippen LogP contribution >= 0.6 is 0 Å². The summed E-state index contributed by atoms with van der Waals surface area (Å²) in [6, 6.07) is 21.5. The Morgan fingerprint density at radius 1 is 0.929 bits per heavy atom. The third-order valence-corrected chi connectivity index (χ3v) is 11.2. The van der Waals surface area contributed by atoms with Crippen LogP contribution in [0.15, 0.2) is 91.6 Å². The van der Waals surface area contributed by atoms with Gasteiger partial charge in [-0.15, -0.1) is 6.58 Å². The minimum Gasteiger partial charge on any atom is -0.508 e. The molecule has 56 heavy (non-hydrogen) atoms. The summed E-state index contributed by atoms with van der Waals surface area (Å²) in [6.07, 6.45) is 5.99. The Hall–Kier alpha value is -5.30. The van der Waals surface area contributed by atoms with Crippen LogP contribution in [0.4, 0.5) is 0 Å². The monoisotopic (exact) mass is 760 g/mol. The number of hydrazine groups is 1. The number of benzene rings is 3. The van der Waals surface area contributed by atoms with E-state index in [0.717, 1.165) is 73.3 Å². The zero-order valence-electron chi connectivity index (χ0n) is 32.2. The van der Waals surface area contributed by atoms with E-state index in [-0.39, 0.29) is 68.3 Å². The molecule has 3 aliphatic heterocycles. The number of aromatic nitrogens is 1. The normalized spacial score (nSPS) is 19.4. The van der Waals surface area contributed by atoms with Crippen molar-refractivity contribution in [3.8, 4) is 5.75 Å². The van der Waals surface area contributed by atoms with Crippen LogP contribution in [0.3, 0.4) is 0 Å². The molecule has 0 bridgehead atoms.